The maximum atomic E-state index is 5.47. The highest BCUT2D eigenvalue weighted by Crippen LogP contribution is 2.29. The lowest BCUT2D eigenvalue weighted by atomic mass is 10.0. The van der Waals surface area contributed by atoms with Gasteiger partial charge in [-0.25, -0.2) is 0 Å². The molecule has 170 valence electrons. The van der Waals surface area contributed by atoms with Crippen molar-refractivity contribution in [3.05, 3.63) is 72.1 Å². The Morgan fingerprint density at radius 1 is 1.09 bits per heavy atom. The molecule has 0 aliphatic heterocycles. The average molecular weight is 453 g/mol. The molecule has 4 aromatic heterocycles. The summed E-state index contributed by atoms with van der Waals surface area (Å²) in [5.41, 5.74) is 6.32. The molecule has 5 aromatic rings. The van der Waals surface area contributed by atoms with Crippen LogP contribution in [-0.4, -0.2) is 46.9 Å². The standard InChI is InChI=1S/C25H24N8O/c1-16(31-34-15-17-3-4-17)22-7-8-24-28-29-25(33(24)30-22)10-18-5-6-23-19(9-18)11-20(12-26-23)21-13-27-32(2)14-21/h5-9,11-14,17H,3-4,10,15H2,1-2H3. The molecular weight excluding hydrogens is 428 g/mol. The number of aromatic nitrogens is 7. The summed E-state index contributed by atoms with van der Waals surface area (Å²) in [6, 6.07) is 12.2. The van der Waals surface area contributed by atoms with Crippen LogP contribution in [0.25, 0.3) is 27.7 Å². The van der Waals surface area contributed by atoms with E-state index in [1.54, 1.807) is 9.20 Å². The molecule has 34 heavy (non-hydrogen) atoms. The van der Waals surface area contributed by atoms with Gasteiger partial charge in [0.05, 0.1) is 11.7 Å². The molecule has 6 rings (SSSR count). The highest BCUT2D eigenvalue weighted by atomic mass is 16.6. The molecule has 9 nitrogen and oxygen atoms in total. The van der Waals surface area contributed by atoms with Crippen LogP contribution in [0, 0.1) is 5.92 Å². The molecule has 0 atom stereocenters. The van der Waals surface area contributed by atoms with Crippen molar-refractivity contribution in [2.75, 3.05) is 6.61 Å². The monoisotopic (exact) mass is 452 g/mol. The Balaban J connectivity index is 1.28. The fraction of sp³-hybridized carbons (Fsp3) is 0.280. The Labute approximate surface area is 196 Å². The van der Waals surface area contributed by atoms with Gasteiger partial charge in [0.15, 0.2) is 11.5 Å². The van der Waals surface area contributed by atoms with Gasteiger partial charge in [-0.1, -0.05) is 11.2 Å². The van der Waals surface area contributed by atoms with Gasteiger partial charge in [-0.05, 0) is 61.6 Å². The summed E-state index contributed by atoms with van der Waals surface area (Å²) in [6.07, 6.45) is 8.78. The molecular formula is C25H24N8O. The molecule has 0 unspecified atom stereocenters. The van der Waals surface area contributed by atoms with Crippen LogP contribution in [-0.2, 0) is 18.3 Å². The minimum Gasteiger partial charge on any atom is -0.395 e. The summed E-state index contributed by atoms with van der Waals surface area (Å²) < 4.78 is 3.57. The van der Waals surface area contributed by atoms with E-state index in [9.17, 15) is 0 Å². The predicted octanol–water partition coefficient (Wildman–Crippen LogP) is 3.81. The van der Waals surface area contributed by atoms with Gasteiger partial charge < -0.3 is 4.84 Å². The van der Waals surface area contributed by atoms with Crippen LogP contribution < -0.4 is 0 Å². The molecule has 9 heteroatoms. The summed E-state index contributed by atoms with van der Waals surface area (Å²) in [7, 11) is 1.91. The third kappa shape index (κ3) is 4.12. The Morgan fingerprint density at radius 2 is 2.00 bits per heavy atom. The fourth-order valence-electron chi connectivity index (χ4n) is 3.91. The molecule has 0 bridgehead atoms. The quantitative estimate of drug-likeness (QED) is 0.275. The first kappa shape index (κ1) is 20.5. The lowest BCUT2D eigenvalue weighted by Gasteiger charge is -2.06. The van der Waals surface area contributed by atoms with E-state index >= 15 is 0 Å². The van der Waals surface area contributed by atoms with Crippen molar-refractivity contribution in [1.82, 2.24) is 34.6 Å². The minimum absolute atomic E-state index is 0.596. The van der Waals surface area contributed by atoms with E-state index in [1.165, 1.54) is 12.8 Å². The molecule has 1 aliphatic carbocycles. The second-order valence-corrected chi connectivity index (χ2v) is 8.85. The van der Waals surface area contributed by atoms with E-state index in [0.29, 0.717) is 24.6 Å². The second kappa shape index (κ2) is 8.33. The van der Waals surface area contributed by atoms with Crippen LogP contribution >= 0.6 is 0 Å². The topological polar surface area (TPSA) is 95.4 Å². The van der Waals surface area contributed by atoms with Gasteiger partial charge in [-0.3, -0.25) is 9.67 Å². The van der Waals surface area contributed by atoms with Crippen molar-refractivity contribution in [2.24, 2.45) is 18.1 Å². The van der Waals surface area contributed by atoms with E-state index in [1.807, 2.05) is 50.8 Å². The van der Waals surface area contributed by atoms with E-state index in [4.69, 9.17) is 9.94 Å². The smallest absolute Gasteiger partial charge is 0.177 e. The van der Waals surface area contributed by atoms with Crippen molar-refractivity contribution in [2.45, 2.75) is 26.2 Å². The average Bonchev–Trinajstić information content (AvgIpc) is 3.44. The zero-order chi connectivity index (χ0) is 23.1. The molecule has 4 heterocycles. The molecule has 0 radical (unpaired) electrons. The van der Waals surface area contributed by atoms with Gasteiger partial charge in [0.2, 0.25) is 0 Å². The Hall–Kier alpha value is -4.14. The van der Waals surface area contributed by atoms with Gasteiger partial charge in [-0.15, -0.1) is 10.2 Å². The summed E-state index contributed by atoms with van der Waals surface area (Å²) in [5, 5.41) is 23.0. The third-order valence-electron chi connectivity index (χ3n) is 6.05. The summed E-state index contributed by atoms with van der Waals surface area (Å²) in [5.74, 6) is 1.42. The van der Waals surface area contributed by atoms with Crippen LogP contribution in [0.4, 0.5) is 0 Å². The van der Waals surface area contributed by atoms with Crippen LogP contribution in [0.2, 0.25) is 0 Å². The van der Waals surface area contributed by atoms with E-state index in [0.717, 1.165) is 44.8 Å². The van der Waals surface area contributed by atoms with Gasteiger partial charge in [0.25, 0.3) is 0 Å². The largest absolute Gasteiger partial charge is 0.395 e. The van der Waals surface area contributed by atoms with E-state index < -0.39 is 0 Å². The first-order chi connectivity index (χ1) is 16.6. The zero-order valence-corrected chi connectivity index (χ0v) is 19.1. The number of rotatable bonds is 7. The zero-order valence-electron chi connectivity index (χ0n) is 19.1. The Morgan fingerprint density at radius 3 is 2.82 bits per heavy atom. The lowest BCUT2D eigenvalue weighted by Crippen LogP contribution is -2.07. The van der Waals surface area contributed by atoms with Crippen LogP contribution in [0.15, 0.2) is 60.1 Å². The highest BCUT2D eigenvalue weighted by molar-refractivity contribution is 5.96. The highest BCUT2D eigenvalue weighted by Gasteiger charge is 2.22. The van der Waals surface area contributed by atoms with Crippen molar-refractivity contribution < 1.29 is 4.84 Å². The van der Waals surface area contributed by atoms with Crippen LogP contribution in [0.3, 0.4) is 0 Å². The third-order valence-corrected chi connectivity index (χ3v) is 6.05. The van der Waals surface area contributed by atoms with Crippen molar-refractivity contribution >= 4 is 22.3 Å². The van der Waals surface area contributed by atoms with Gasteiger partial charge >= 0.3 is 0 Å². The summed E-state index contributed by atoms with van der Waals surface area (Å²) in [6.45, 7) is 2.58. The van der Waals surface area contributed by atoms with Crippen molar-refractivity contribution in [3.63, 3.8) is 0 Å². The molecule has 1 fully saturated rings. The number of oxime groups is 1. The molecule has 1 saturated carbocycles. The molecule has 0 N–H and O–H groups in total. The number of fused-ring (bicyclic) bond motifs is 2. The maximum absolute atomic E-state index is 5.47. The van der Waals surface area contributed by atoms with Crippen molar-refractivity contribution in [1.29, 1.82) is 0 Å². The predicted molar refractivity (Wildman–Crippen MR) is 128 cm³/mol. The van der Waals surface area contributed by atoms with Gasteiger partial charge in [-0.2, -0.15) is 14.7 Å². The number of benzene rings is 1. The van der Waals surface area contributed by atoms with E-state index in [-0.39, 0.29) is 0 Å². The summed E-state index contributed by atoms with van der Waals surface area (Å²) >= 11 is 0. The molecule has 0 saturated heterocycles. The molecule has 0 amide bonds. The maximum Gasteiger partial charge on any atom is 0.177 e. The number of nitrogens with zero attached hydrogens (tertiary/aromatic N) is 8. The minimum atomic E-state index is 0.596. The first-order valence-electron chi connectivity index (χ1n) is 11.4. The molecule has 1 aliphatic rings. The Bertz CT molecular complexity index is 1530. The molecule has 1 aromatic carbocycles. The lowest BCUT2D eigenvalue weighted by molar-refractivity contribution is 0.134. The number of hydrogen-bond acceptors (Lipinski definition) is 7. The number of hydrogen-bond donors (Lipinski definition) is 0. The normalized spacial score (nSPS) is 14.2. The number of pyridine rings is 1. The fourth-order valence-corrected chi connectivity index (χ4v) is 3.91. The second-order valence-electron chi connectivity index (χ2n) is 8.85. The Kier molecular flexibility index (Phi) is 5.01. The van der Waals surface area contributed by atoms with Crippen molar-refractivity contribution in [3.8, 4) is 11.1 Å². The van der Waals surface area contributed by atoms with Gasteiger partial charge in [0.1, 0.15) is 18.0 Å². The summed E-state index contributed by atoms with van der Waals surface area (Å²) in [4.78, 5) is 10.1. The van der Waals surface area contributed by atoms with E-state index in [2.05, 4.69) is 43.6 Å². The van der Waals surface area contributed by atoms with Crippen LogP contribution in [0.1, 0.15) is 36.8 Å². The SMILES string of the molecule is CC(=NOCC1CC1)c1ccc2nnc(Cc3ccc4ncc(-c5cnn(C)c5)cc4c3)n2n1. The number of aryl methyl sites for hydroxylation is 1. The first-order valence-corrected chi connectivity index (χ1v) is 11.4. The molecule has 0 spiro atoms. The van der Waals surface area contributed by atoms with Crippen LogP contribution in [0.5, 0.6) is 0 Å². The van der Waals surface area contributed by atoms with Gasteiger partial charge in [0, 0.05) is 42.4 Å².